The van der Waals surface area contributed by atoms with Crippen LogP contribution in [0.25, 0.3) is 10.1 Å². The molecule has 3 heterocycles. The highest BCUT2D eigenvalue weighted by molar-refractivity contribution is 7.91. The van der Waals surface area contributed by atoms with E-state index in [2.05, 4.69) is 20.7 Å². The average Bonchev–Trinajstić information content (AvgIpc) is 3.96. The van der Waals surface area contributed by atoms with E-state index in [0.29, 0.717) is 35.8 Å². The van der Waals surface area contributed by atoms with Gasteiger partial charge in [-0.15, -0.1) is 11.3 Å². The van der Waals surface area contributed by atoms with Gasteiger partial charge in [0.15, 0.2) is 0 Å². The quantitative estimate of drug-likeness (QED) is 0.314. The van der Waals surface area contributed by atoms with Crippen LogP contribution in [0.4, 0.5) is 9.18 Å². The fourth-order valence-corrected chi connectivity index (χ4v) is 9.60. The number of rotatable bonds is 6. The molecule has 3 fully saturated rings. The molecule has 4 N–H and O–H groups in total. The van der Waals surface area contributed by atoms with E-state index in [-0.39, 0.29) is 35.7 Å². The predicted octanol–water partition coefficient (Wildman–Crippen LogP) is 4.29. The van der Waals surface area contributed by atoms with Crippen LogP contribution in [0.3, 0.4) is 0 Å². The zero-order valence-corrected chi connectivity index (χ0v) is 31.5. The van der Waals surface area contributed by atoms with Crippen molar-refractivity contribution in [1.29, 1.82) is 0 Å². The number of fused-ring (bicyclic) bond motifs is 3. The minimum Gasteiger partial charge on any atom is -0.444 e. The van der Waals surface area contributed by atoms with E-state index in [1.54, 1.807) is 20.8 Å². The van der Waals surface area contributed by atoms with Crippen molar-refractivity contribution in [3.8, 4) is 0 Å². The van der Waals surface area contributed by atoms with Crippen LogP contribution in [0, 0.1) is 11.7 Å². The Kier molecular flexibility index (Phi) is 10.6. The number of carbonyl (C=O) groups excluding carboxylic acids is 5. The second-order valence-corrected chi connectivity index (χ2v) is 18.4. The highest BCUT2D eigenvalue weighted by atomic mass is 35.5. The second-order valence-electron chi connectivity index (χ2n) is 15.0. The Morgan fingerprint density at radius 3 is 2.56 bits per heavy atom. The number of nitrogens with one attached hydrogen (secondary N) is 4. The number of carbonyl (C=O) groups is 5. The van der Waals surface area contributed by atoms with Crippen molar-refractivity contribution < 1.29 is 41.5 Å². The topological polar surface area (TPSA) is 180 Å². The van der Waals surface area contributed by atoms with Gasteiger partial charge in [0.05, 0.1) is 10.3 Å². The number of ether oxygens (including phenoxy) is 1. The molecule has 13 nitrogen and oxygen atoms in total. The molecule has 17 heteroatoms. The molecule has 0 radical (unpaired) electrons. The Morgan fingerprint density at radius 2 is 1.85 bits per heavy atom. The predicted molar refractivity (Wildman–Crippen MR) is 193 cm³/mol. The first-order chi connectivity index (χ1) is 24.5. The monoisotopic (exact) mass is 779 g/mol. The van der Waals surface area contributed by atoms with Crippen molar-refractivity contribution in [1.82, 2.24) is 25.6 Å². The normalized spacial score (nSPS) is 27.7. The molecule has 2 aliphatic heterocycles. The van der Waals surface area contributed by atoms with Gasteiger partial charge >= 0.3 is 6.09 Å². The lowest BCUT2D eigenvalue weighted by atomic mass is 10.0. The van der Waals surface area contributed by atoms with Gasteiger partial charge < -0.3 is 25.6 Å². The maximum atomic E-state index is 14.3. The van der Waals surface area contributed by atoms with E-state index in [0.717, 1.165) is 24.2 Å². The van der Waals surface area contributed by atoms with E-state index in [9.17, 15) is 36.8 Å². The van der Waals surface area contributed by atoms with E-state index in [1.807, 2.05) is 12.2 Å². The Balaban J connectivity index is 1.29. The van der Waals surface area contributed by atoms with Crippen LogP contribution in [0.15, 0.2) is 30.4 Å². The van der Waals surface area contributed by atoms with Crippen LogP contribution in [0.1, 0.15) is 88.2 Å². The van der Waals surface area contributed by atoms with E-state index in [4.69, 9.17) is 16.3 Å². The number of benzene rings is 1. The first-order valence-electron chi connectivity index (χ1n) is 17.5. The standard InChI is InChI=1S/C35H43ClFN5O8S2/c1-34(2,3)50-33(47)39-24-10-8-6-4-5-7-9-19-17-35(19,32(46)41-52(48,49)22-12-13-22)40-29(43)25-16-21(18-42(25)31(24)45)38-30(44)28-27(36)23-14-11-20(37)15-26(23)51-28/h7,9,11,14-15,19,21-22,24-25H,4-6,8,10,12-13,16-18H2,1-3H3,(H,38,44)(H,39,47)(H,40,43)(H,41,46)/b9-7-/t19-,21-,24+,25+,35-/m1/s1. The molecule has 0 bridgehead atoms. The number of hydrogen-bond donors (Lipinski definition) is 4. The summed E-state index contributed by atoms with van der Waals surface area (Å²) in [4.78, 5) is 70.0. The summed E-state index contributed by atoms with van der Waals surface area (Å²) in [5.74, 6) is -3.66. The molecule has 6 rings (SSSR count). The molecule has 1 aromatic heterocycles. The molecule has 0 unspecified atom stereocenters. The molecule has 4 aliphatic rings. The molecule has 1 saturated heterocycles. The van der Waals surface area contributed by atoms with Gasteiger partial charge in [0, 0.05) is 28.6 Å². The van der Waals surface area contributed by atoms with Crippen molar-refractivity contribution in [3.05, 3.63) is 46.1 Å². The molecule has 52 heavy (non-hydrogen) atoms. The van der Waals surface area contributed by atoms with Crippen LogP contribution in [-0.4, -0.2) is 84.1 Å². The van der Waals surface area contributed by atoms with Gasteiger partial charge in [-0.3, -0.25) is 23.9 Å². The molecule has 1 aromatic carbocycles. The minimum absolute atomic E-state index is 0.0574. The van der Waals surface area contributed by atoms with Gasteiger partial charge in [-0.25, -0.2) is 17.6 Å². The maximum Gasteiger partial charge on any atom is 0.408 e. The Bertz CT molecular complexity index is 1930. The van der Waals surface area contributed by atoms with Crippen molar-refractivity contribution in [2.75, 3.05) is 6.54 Å². The SMILES string of the molecule is CC(C)(C)OC(=O)N[C@H]1CCCCC/C=C\[C@@H]2C[C@@]2(C(=O)NS(=O)(=O)C2CC2)NC(=O)[C@@H]2C[C@@H](NC(=O)c3sc4cc(F)ccc4c3Cl)CN2C1=O. The van der Waals surface area contributed by atoms with Crippen LogP contribution in [-0.2, 0) is 29.1 Å². The first-order valence-corrected chi connectivity index (χ1v) is 20.2. The molecule has 2 aliphatic carbocycles. The number of sulfonamides is 1. The zero-order chi connectivity index (χ0) is 37.6. The van der Waals surface area contributed by atoms with Gasteiger partial charge in [0.1, 0.15) is 33.9 Å². The third-order valence-corrected chi connectivity index (χ3v) is 13.2. The highest BCUT2D eigenvalue weighted by Gasteiger charge is 2.62. The number of amides is 5. The smallest absolute Gasteiger partial charge is 0.408 e. The van der Waals surface area contributed by atoms with Gasteiger partial charge in [-0.05, 0) is 83.9 Å². The molecule has 0 spiro atoms. The second kappa shape index (κ2) is 14.6. The zero-order valence-electron chi connectivity index (χ0n) is 29.1. The van der Waals surface area contributed by atoms with Gasteiger partial charge in [0.2, 0.25) is 21.8 Å². The van der Waals surface area contributed by atoms with Crippen LogP contribution < -0.4 is 20.7 Å². The van der Waals surface area contributed by atoms with Gasteiger partial charge in [0.25, 0.3) is 11.8 Å². The largest absolute Gasteiger partial charge is 0.444 e. The number of hydrogen-bond acceptors (Lipinski definition) is 9. The molecule has 5 amide bonds. The van der Waals surface area contributed by atoms with Crippen LogP contribution >= 0.6 is 22.9 Å². The summed E-state index contributed by atoms with van der Waals surface area (Å²) < 4.78 is 47.5. The lowest BCUT2D eigenvalue weighted by Crippen LogP contribution is -2.58. The van der Waals surface area contributed by atoms with Gasteiger partial charge in [-0.2, -0.15) is 0 Å². The van der Waals surface area contributed by atoms with Crippen molar-refractivity contribution in [2.24, 2.45) is 5.92 Å². The van der Waals surface area contributed by atoms with Crippen molar-refractivity contribution in [2.45, 2.75) is 113 Å². The molecular formula is C35H43ClFN5O8S2. The summed E-state index contributed by atoms with van der Waals surface area (Å²) in [5, 5.41) is 8.32. The van der Waals surface area contributed by atoms with Crippen molar-refractivity contribution >= 4 is 72.8 Å². The van der Waals surface area contributed by atoms with E-state index >= 15 is 0 Å². The molecule has 2 saturated carbocycles. The molecule has 5 atom stereocenters. The van der Waals surface area contributed by atoms with E-state index in [1.165, 1.54) is 23.1 Å². The summed E-state index contributed by atoms with van der Waals surface area (Å²) in [6, 6.07) is 0.967. The van der Waals surface area contributed by atoms with Crippen LogP contribution in [0.5, 0.6) is 0 Å². The summed E-state index contributed by atoms with van der Waals surface area (Å²) in [6.45, 7) is 4.96. The number of nitrogens with zero attached hydrogens (tertiary/aromatic N) is 1. The lowest BCUT2D eigenvalue weighted by Gasteiger charge is -2.30. The lowest BCUT2D eigenvalue weighted by molar-refractivity contribution is -0.141. The maximum absolute atomic E-state index is 14.3. The van der Waals surface area contributed by atoms with Crippen molar-refractivity contribution in [3.63, 3.8) is 0 Å². The Labute approximate surface area is 310 Å². The number of thiophene rings is 1. The summed E-state index contributed by atoms with van der Waals surface area (Å²) in [7, 11) is -3.92. The fraction of sp³-hybridized carbons (Fsp3) is 0.571. The fourth-order valence-electron chi connectivity index (χ4n) is 6.79. The number of halogens is 2. The number of alkyl carbamates (subject to hydrolysis) is 1. The number of allylic oxidation sites excluding steroid dienone is 1. The third-order valence-electron chi connectivity index (χ3n) is 9.71. The minimum atomic E-state index is -3.92. The Hall–Kier alpha value is -3.76. The summed E-state index contributed by atoms with van der Waals surface area (Å²) >= 11 is 7.52. The first kappa shape index (κ1) is 38.0. The highest BCUT2D eigenvalue weighted by Crippen LogP contribution is 2.46. The Morgan fingerprint density at radius 1 is 1.10 bits per heavy atom. The molecule has 282 valence electrons. The summed E-state index contributed by atoms with van der Waals surface area (Å²) in [5.41, 5.74) is -2.40. The van der Waals surface area contributed by atoms with Crippen LogP contribution in [0.2, 0.25) is 5.02 Å². The average molecular weight is 780 g/mol. The third kappa shape index (κ3) is 8.38. The van der Waals surface area contributed by atoms with E-state index < -0.39 is 86.0 Å². The molecular weight excluding hydrogens is 737 g/mol. The molecule has 2 aromatic rings. The van der Waals surface area contributed by atoms with Gasteiger partial charge in [-0.1, -0.05) is 36.6 Å². The summed E-state index contributed by atoms with van der Waals surface area (Å²) in [6.07, 6.45) is 6.88.